The summed E-state index contributed by atoms with van der Waals surface area (Å²) in [6.45, 7) is 9.04. The fraction of sp³-hybridized carbons (Fsp3) is 1.00. The van der Waals surface area contributed by atoms with Gasteiger partial charge in [-0.25, -0.2) is 0 Å². The Hall–Kier alpha value is 0.137. The Morgan fingerprint density at radius 3 is 1.38 bits per heavy atom. The van der Waals surface area contributed by atoms with Crippen LogP contribution < -0.4 is 0 Å². The molecule has 0 bridgehead atoms. The van der Waals surface area contributed by atoms with Gasteiger partial charge >= 0.3 is 8.56 Å². The van der Waals surface area contributed by atoms with Gasteiger partial charge in [0, 0.05) is 19.3 Å². The minimum atomic E-state index is -2.04. The van der Waals surface area contributed by atoms with Gasteiger partial charge in [-0.2, -0.15) is 0 Å². The van der Waals surface area contributed by atoms with Gasteiger partial charge in [-0.15, -0.1) is 0 Å². The second-order valence-corrected chi connectivity index (χ2v) is 11.7. The maximum Gasteiger partial charge on any atom is 0.343 e. The minimum Gasteiger partial charge on any atom is -0.397 e. The summed E-state index contributed by atoms with van der Waals surface area (Å²) < 4.78 is 11.7. The average molecular weight is 317 g/mol. The van der Waals surface area contributed by atoms with Crippen molar-refractivity contribution < 1.29 is 8.85 Å². The maximum absolute atomic E-state index is 5.85. The molecule has 0 saturated carbocycles. The van der Waals surface area contributed by atoms with Crippen molar-refractivity contribution >= 4 is 8.56 Å². The Labute approximate surface area is 135 Å². The summed E-state index contributed by atoms with van der Waals surface area (Å²) in [4.78, 5) is 0. The molecular weight excluding hydrogens is 276 g/mol. The lowest BCUT2D eigenvalue weighted by molar-refractivity contribution is 0.212. The lowest BCUT2D eigenvalue weighted by Gasteiger charge is -2.38. The van der Waals surface area contributed by atoms with Crippen molar-refractivity contribution in [1.82, 2.24) is 0 Å². The highest BCUT2D eigenvalue weighted by atomic mass is 28.4. The van der Waals surface area contributed by atoms with Crippen molar-refractivity contribution in [3.63, 3.8) is 0 Å². The quantitative estimate of drug-likeness (QED) is 0.287. The summed E-state index contributed by atoms with van der Waals surface area (Å²) in [6, 6.07) is 1.12. The number of rotatable bonds is 13. The van der Waals surface area contributed by atoms with Gasteiger partial charge < -0.3 is 8.85 Å². The molecule has 0 amide bonds. The zero-order valence-corrected chi connectivity index (χ0v) is 16.6. The molecule has 0 unspecified atom stereocenters. The van der Waals surface area contributed by atoms with Crippen LogP contribution in [0.15, 0.2) is 0 Å². The monoisotopic (exact) mass is 316 g/mol. The van der Waals surface area contributed by atoms with E-state index in [0.717, 1.165) is 6.04 Å². The van der Waals surface area contributed by atoms with E-state index in [1.165, 1.54) is 64.2 Å². The molecule has 0 aromatic rings. The van der Waals surface area contributed by atoms with E-state index in [-0.39, 0.29) is 5.04 Å². The smallest absolute Gasteiger partial charge is 0.343 e. The Balaban J connectivity index is 3.69. The van der Waals surface area contributed by atoms with Crippen LogP contribution >= 0.6 is 0 Å². The molecule has 0 aromatic carbocycles. The van der Waals surface area contributed by atoms with E-state index in [9.17, 15) is 0 Å². The Kier molecular flexibility index (Phi) is 11.7. The molecule has 0 saturated heterocycles. The van der Waals surface area contributed by atoms with Crippen LogP contribution in [-0.4, -0.2) is 22.8 Å². The van der Waals surface area contributed by atoms with Crippen molar-refractivity contribution in [1.29, 1.82) is 0 Å². The molecule has 0 aromatic heterocycles. The summed E-state index contributed by atoms with van der Waals surface area (Å²) in [7, 11) is 1.63. The lowest BCUT2D eigenvalue weighted by atomic mass is 10.1. The van der Waals surface area contributed by atoms with E-state index in [2.05, 4.69) is 27.7 Å². The minimum absolute atomic E-state index is 0.149. The lowest BCUT2D eigenvalue weighted by Crippen LogP contribution is -2.48. The Morgan fingerprint density at radius 2 is 1.05 bits per heavy atom. The summed E-state index contributed by atoms with van der Waals surface area (Å²) in [6.07, 6.45) is 13.8. The standard InChI is InChI=1S/C18H40O2Si/c1-7-8-9-10-11-12-13-14-15-16-17-21(19-5,20-6)18(2,3)4/h7-17H2,1-6H3. The first-order valence-electron chi connectivity index (χ1n) is 9.04. The molecule has 0 fully saturated rings. The van der Waals surface area contributed by atoms with Crippen molar-refractivity contribution in [3.05, 3.63) is 0 Å². The second kappa shape index (κ2) is 11.7. The molecular formula is C18H40O2Si. The van der Waals surface area contributed by atoms with Crippen LogP contribution in [0, 0.1) is 0 Å². The second-order valence-electron chi connectivity index (χ2n) is 7.34. The van der Waals surface area contributed by atoms with Gasteiger partial charge in [-0.3, -0.25) is 0 Å². The Bertz CT molecular complexity index is 232. The highest BCUT2D eigenvalue weighted by Gasteiger charge is 2.47. The van der Waals surface area contributed by atoms with Crippen LogP contribution in [0.4, 0.5) is 0 Å². The third-order valence-corrected chi connectivity index (χ3v) is 9.28. The van der Waals surface area contributed by atoms with Crippen LogP contribution in [-0.2, 0) is 8.85 Å². The molecule has 0 aliphatic rings. The van der Waals surface area contributed by atoms with E-state index in [0.29, 0.717) is 0 Å². The van der Waals surface area contributed by atoms with Crippen molar-refractivity contribution in [2.45, 2.75) is 103 Å². The largest absolute Gasteiger partial charge is 0.397 e. The van der Waals surface area contributed by atoms with Crippen LogP contribution in [0.1, 0.15) is 91.9 Å². The van der Waals surface area contributed by atoms with Gasteiger partial charge in [0.05, 0.1) is 0 Å². The van der Waals surface area contributed by atoms with Crippen molar-refractivity contribution in [2.75, 3.05) is 14.2 Å². The van der Waals surface area contributed by atoms with Crippen LogP contribution in [0.2, 0.25) is 11.1 Å². The Morgan fingerprint density at radius 1 is 0.667 bits per heavy atom. The molecule has 0 atom stereocenters. The fourth-order valence-electron chi connectivity index (χ4n) is 3.12. The molecule has 0 aliphatic heterocycles. The molecule has 0 radical (unpaired) electrons. The topological polar surface area (TPSA) is 18.5 Å². The molecule has 128 valence electrons. The van der Waals surface area contributed by atoms with E-state index in [4.69, 9.17) is 8.85 Å². The van der Waals surface area contributed by atoms with Gasteiger partial charge in [-0.05, 0) is 6.04 Å². The number of hydrogen-bond donors (Lipinski definition) is 0. The first kappa shape index (κ1) is 21.1. The predicted molar refractivity (Wildman–Crippen MR) is 96.1 cm³/mol. The molecule has 3 heteroatoms. The van der Waals surface area contributed by atoms with E-state index in [1.807, 2.05) is 14.2 Å². The van der Waals surface area contributed by atoms with Gasteiger partial charge in [0.25, 0.3) is 0 Å². The number of unbranched alkanes of at least 4 members (excludes halogenated alkanes) is 9. The zero-order chi connectivity index (χ0) is 16.2. The van der Waals surface area contributed by atoms with Crippen LogP contribution in [0.5, 0.6) is 0 Å². The molecule has 0 heterocycles. The molecule has 0 N–H and O–H groups in total. The van der Waals surface area contributed by atoms with E-state index in [1.54, 1.807) is 0 Å². The number of hydrogen-bond acceptors (Lipinski definition) is 2. The van der Waals surface area contributed by atoms with E-state index >= 15 is 0 Å². The van der Waals surface area contributed by atoms with Gasteiger partial charge in [0.1, 0.15) is 0 Å². The highest BCUT2D eigenvalue weighted by molar-refractivity contribution is 6.70. The molecule has 21 heavy (non-hydrogen) atoms. The van der Waals surface area contributed by atoms with Crippen LogP contribution in [0.3, 0.4) is 0 Å². The molecule has 0 rings (SSSR count). The first-order valence-corrected chi connectivity index (χ1v) is 11.1. The van der Waals surface area contributed by atoms with Gasteiger partial charge in [-0.1, -0.05) is 91.9 Å². The fourth-order valence-corrected chi connectivity index (χ4v) is 6.39. The van der Waals surface area contributed by atoms with Crippen LogP contribution in [0.25, 0.3) is 0 Å². The first-order chi connectivity index (χ1) is 9.93. The van der Waals surface area contributed by atoms with Crippen molar-refractivity contribution in [3.8, 4) is 0 Å². The van der Waals surface area contributed by atoms with Gasteiger partial charge in [0.2, 0.25) is 0 Å². The third-order valence-electron chi connectivity index (χ3n) is 4.66. The summed E-state index contributed by atoms with van der Waals surface area (Å²) in [5.41, 5.74) is 0. The highest BCUT2D eigenvalue weighted by Crippen LogP contribution is 2.40. The predicted octanol–water partition coefficient (Wildman–Crippen LogP) is 6.44. The summed E-state index contributed by atoms with van der Waals surface area (Å²) in [5, 5.41) is 0.149. The third kappa shape index (κ3) is 8.37. The van der Waals surface area contributed by atoms with E-state index < -0.39 is 8.56 Å². The summed E-state index contributed by atoms with van der Waals surface area (Å²) >= 11 is 0. The zero-order valence-electron chi connectivity index (χ0n) is 15.6. The summed E-state index contributed by atoms with van der Waals surface area (Å²) in [5.74, 6) is 0. The average Bonchev–Trinajstić information content (AvgIpc) is 2.44. The molecule has 0 aliphatic carbocycles. The SMILES string of the molecule is CCCCCCCCCCCC[Si](OC)(OC)C(C)(C)C. The maximum atomic E-state index is 5.85. The van der Waals surface area contributed by atoms with Gasteiger partial charge in [0.15, 0.2) is 0 Å². The normalized spacial score (nSPS) is 12.9. The molecule has 2 nitrogen and oxygen atoms in total. The molecule has 0 spiro atoms. The van der Waals surface area contributed by atoms with Crippen molar-refractivity contribution in [2.24, 2.45) is 0 Å².